The van der Waals surface area contributed by atoms with Gasteiger partial charge in [-0.3, -0.25) is 4.79 Å². The molecule has 0 aliphatic rings. The van der Waals surface area contributed by atoms with E-state index in [-0.39, 0.29) is 6.04 Å². The lowest BCUT2D eigenvalue weighted by atomic mass is 10.0. The van der Waals surface area contributed by atoms with Gasteiger partial charge in [0.2, 0.25) is 0 Å². The van der Waals surface area contributed by atoms with Gasteiger partial charge in [0, 0.05) is 6.04 Å². The molecule has 1 aromatic carbocycles. The zero-order valence-corrected chi connectivity index (χ0v) is 13.9. The van der Waals surface area contributed by atoms with Gasteiger partial charge < -0.3 is 19.9 Å². The highest BCUT2D eigenvalue weighted by atomic mass is 16.5. The van der Waals surface area contributed by atoms with Crippen LogP contribution in [0.5, 0.6) is 11.5 Å². The van der Waals surface area contributed by atoms with E-state index < -0.39 is 12.0 Å². The van der Waals surface area contributed by atoms with E-state index >= 15 is 0 Å². The fourth-order valence-electron chi connectivity index (χ4n) is 2.45. The van der Waals surface area contributed by atoms with Gasteiger partial charge in [0.1, 0.15) is 6.04 Å². The number of carboxylic acid groups (broad SMARTS) is 1. The second-order valence-corrected chi connectivity index (χ2v) is 5.49. The van der Waals surface area contributed by atoms with Crippen molar-refractivity contribution in [1.82, 2.24) is 5.32 Å². The lowest BCUT2D eigenvalue weighted by molar-refractivity contribution is -0.139. The zero-order chi connectivity index (χ0) is 16.5. The summed E-state index contributed by atoms with van der Waals surface area (Å²) in [6.45, 7) is 4.06. The third kappa shape index (κ3) is 5.56. The average Bonchev–Trinajstić information content (AvgIpc) is 2.50. The third-order valence-electron chi connectivity index (χ3n) is 3.62. The Kier molecular flexibility index (Phi) is 7.74. The van der Waals surface area contributed by atoms with Crippen molar-refractivity contribution < 1.29 is 19.4 Å². The number of hydrogen-bond donors (Lipinski definition) is 2. The van der Waals surface area contributed by atoms with Gasteiger partial charge in [-0.2, -0.15) is 0 Å². The van der Waals surface area contributed by atoms with Crippen molar-refractivity contribution in [3.63, 3.8) is 0 Å². The van der Waals surface area contributed by atoms with Gasteiger partial charge >= 0.3 is 5.97 Å². The summed E-state index contributed by atoms with van der Waals surface area (Å²) in [7, 11) is 3.21. The second kappa shape index (κ2) is 9.30. The van der Waals surface area contributed by atoms with Crippen molar-refractivity contribution in [3.05, 3.63) is 23.8 Å². The van der Waals surface area contributed by atoms with Crippen LogP contribution in [0.4, 0.5) is 0 Å². The Morgan fingerprint density at radius 3 is 2.50 bits per heavy atom. The van der Waals surface area contributed by atoms with E-state index in [1.807, 2.05) is 25.1 Å². The Balaban J connectivity index is 2.67. The summed E-state index contributed by atoms with van der Waals surface area (Å²) in [5, 5.41) is 12.5. The van der Waals surface area contributed by atoms with Crippen molar-refractivity contribution in [2.75, 3.05) is 14.2 Å². The molecule has 1 aromatic rings. The van der Waals surface area contributed by atoms with Crippen LogP contribution in [0, 0.1) is 0 Å². The number of methoxy groups -OCH3 is 2. The van der Waals surface area contributed by atoms with Gasteiger partial charge in [-0.1, -0.05) is 25.8 Å². The standard InChI is InChI=1S/C17H27NO4/c1-5-6-7-14(17(19)20)18-12(2)10-13-8-9-15(21-3)16(11-13)22-4/h8-9,11-12,14,18H,5-7,10H2,1-4H3,(H,19,20). The van der Waals surface area contributed by atoms with E-state index in [1.54, 1.807) is 14.2 Å². The molecule has 2 N–H and O–H groups in total. The molecule has 1 rings (SSSR count). The molecule has 0 aromatic heterocycles. The lowest BCUT2D eigenvalue weighted by Gasteiger charge is -2.20. The number of unbranched alkanes of at least 4 members (excludes halogenated alkanes) is 1. The van der Waals surface area contributed by atoms with Crippen LogP contribution in [0.3, 0.4) is 0 Å². The van der Waals surface area contributed by atoms with Crippen LogP contribution < -0.4 is 14.8 Å². The van der Waals surface area contributed by atoms with Crippen molar-refractivity contribution >= 4 is 5.97 Å². The molecular formula is C17H27NO4. The number of aliphatic carboxylic acids is 1. The Bertz CT molecular complexity index is 476. The monoisotopic (exact) mass is 309 g/mol. The first-order valence-corrected chi connectivity index (χ1v) is 7.71. The van der Waals surface area contributed by atoms with Crippen LogP contribution in [-0.2, 0) is 11.2 Å². The van der Waals surface area contributed by atoms with Crippen LogP contribution >= 0.6 is 0 Å². The molecule has 22 heavy (non-hydrogen) atoms. The molecule has 0 saturated heterocycles. The summed E-state index contributed by atoms with van der Waals surface area (Å²) in [5.74, 6) is 0.596. The number of hydrogen-bond acceptors (Lipinski definition) is 4. The van der Waals surface area contributed by atoms with Crippen LogP contribution in [0.25, 0.3) is 0 Å². The quantitative estimate of drug-likeness (QED) is 0.695. The van der Waals surface area contributed by atoms with Gasteiger partial charge in [-0.15, -0.1) is 0 Å². The van der Waals surface area contributed by atoms with Gasteiger partial charge in [-0.25, -0.2) is 0 Å². The predicted octanol–water partition coefficient (Wildman–Crippen LogP) is 2.87. The summed E-state index contributed by atoms with van der Waals surface area (Å²) in [5.41, 5.74) is 1.08. The molecule has 2 atom stereocenters. The summed E-state index contributed by atoms with van der Waals surface area (Å²) >= 11 is 0. The van der Waals surface area contributed by atoms with Crippen LogP contribution in [0.15, 0.2) is 18.2 Å². The van der Waals surface area contributed by atoms with Gasteiger partial charge in [0.25, 0.3) is 0 Å². The molecule has 0 aliphatic carbocycles. The first kappa shape index (κ1) is 18.3. The molecule has 124 valence electrons. The smallest absolute Gasteiger partial charge is 0.320 e. The van der Waals surface area contributed by atoms with Gasteiger partial charge in [0.05, 0.1) is 14.2 Å². The highest BCUT2D eigenvalue weighted by Crippen LogP contribution is 2.28. The fourth-order valence-corrected chi connectivity index (χ4v) is 2.45. The summed E-state index contributed by atoms with van der Waals surface area (Å²) in [6.07, 6.45) is 3.29. The number of rotatable bonds is 10. The largest absolute Gasteiger partial charge is 0.493 e. The molecule has 0 heterocycles. The maximum Gasteiger partial charge on any atom is 0.320 e. The molecule has 0 radical (unpaired) electrons. The lowest BCUT2D eigenvalue weighted by Crippen LogP contribution is -2.42. The van der Waals surface area contributed by atoms with E-state index in [2.05, 4.69) is 12.2 Å². The molecule has 0 spiro atoms. The number of carboxylic acids is 1. The minimum atomic E-state index is -0.785. The van der Waals surface area contributed by atoms with E-state index in [4.69, 9.17) is 9.47 Å². The topological polar surface area (TPSA) is 67.8 Å². The minimum absolute atomic E-state index is 0.0658. The third-order valence-corrected chi connectivity index (χ3v) is 3.62. The van der Waals surface area contributed by atoms with E-state index in [0.29, 0.717) is 17.9 Å². The predicted molar refractivity (Wildman–Crippen MR) is 86.8 cm³/mol. The minimum Gasteiger partial charge on any atom is -0.493 e. The van der Waals surface area contributed by atoms with Crippen molar-refractivity contribution in [2.45, 2.75) is 51.6 Å². The first-order valence-electron chi connectivity index (χ1n) is 7.71. The maximum absolute atomic E-state index is 11.3. The molecule has 2 unspecified atom stereocenters. The van der Waals surface area contributed by atoms with Gasteiger partial charge in [0.15, 0.2) is 11.5 Å². The summed E-state index contributed by atoms with van der Waals surface area (Å²) < 4.78 is 10.5. The molecule has 0 fully saturated rings. The average molecular weight is 309 g/mol. The molecule has 0 bridgehead atoms. The summed E-state index contributed by atoms with van der Waals surface area (Å²) in [6, 6.07) is 5.35. The molecule has 5 heteroatoms. The van der Waals surface area contributed by atoms with Crippen LogP contribution in [0.1, 0.15) is 38.7 Å². The van der Waals surface area contributed by atoms with Crippen molar-refractivity contribution in [2.24, 2.45) is 0 Å². The number of nitrogens with one attached hydrogen (secondary N) is 1. The van der Waals surface area contributed by atoms with Crippen molar-refractivity contribution in [1.29, 1.82) is 0 Å². The molecule has 0 amide bonds. The van der Waals surface area contributed by atoms with E-state index in [9.17, 15) is 9.90 Å². The number of benzene rings is 1. The number of carbonyl (C=O) groups is 1. The Labute approximate surface area is 132 Å². The second-order valence-electron chi connectivity index (χ2n) is 5.49. The van der Waals surface area contributed by atoms with Gasteiger partial charge in [-0.05, 0) is 37.5 Å². The normalized spacial score (nSPS) is 13.5. The van der Waals surface area contributed by atoms with E-state index in [1.165, 1.54) is 0 Å². The highest BCUT2D eigenvalue weighted by Gasteiger charge is 2.19. The Morgan fingerprint density at radius 2 is 1.95 bits per heavy atom. The molecular weight excluding hydrogens is 282 g/mol. The molecule has 0 saturated carbocycles. The molecule has 5 nitrogen and oxygen atoms in total. The Hall–Kier alpha value is -1.75. The van der Waals surface area contributed by atoms with Crippen LogP contribution in [-0.4, -0.2) is 37.4 Å². The van der Waals surface area contributed by atoms with E-state index in [0.717, 1.165) is 24.8 Å². The fraction of sp³-hybridized carbons (Fsp3) is 0.588. The van der Waals surface area contributed by atoms with Crippen LogP contribution in [0.2, 0.25) is 0 Å². The Morgan fingerprint density at radius 1 is 1.27 bits per heavy atom. The SMILES string of the molecule is CCCCC(NC(C)Cc1ccc(OC)c(OC)c1)C(=O)O. The highest BCUT2D eigenvalue weighted by molar-refractivity contribution is 5.73. The molecule has 0 aliphatic heterocycles. The maximum atomic E-state index is 11.3. The van der Waals surface area contributed by atoms with Crippen molar-refractivity contribution in [3.8, 4) is 11.5 Å². The summed E-state index contributed by atoms with van der Waals surface area (Å²) in [4.78, 5) is 11.3. The first-order chi connectivity index (χ1) is 10.5. The number of ether oxygens (including phenoxy) is 2. The zero-order valence-electron chi connectivity index (χ0n) is 13.9.